The summed E-state index contributed by atoms with van der Waals surface area (Å²) >= 11 is -0.257. The predicted molar refractivity (Wildman–Crippen MR) is 14.0 cm³/mol. The summed E-state index contributed by atoms with van der Waals surface area (Å²) in [6.45, 7) is 0. The molecule has 0 aromatic rings. The van der Waals surface area contributed by atoms with E-state index in [-0.39, 0.29) is 41.8 Å². The van der Waals surface area contributed by atoms with Crippen molar-refractivity contribution in [2.45, 2.75) is 0 Å². The van der Waals surface area contributed by atoms with Gasteiger partial charge < -0.3 is 24.8 Å². The van der Waals surface area contributed by atoms with Gasteiger partial charge in [-0.05, 0) is 0 Å². The molecule has 0 aliphatic carbocycles. The van der Waals surface area contributed by atoms with Crippen molar-refractivity contribution in [2.24, 2.45) is 0 Å². The van der Waals surface area contributed by atoms with Gasteiger partial charge >= 0.3 is 38.5 Å². The molecule has 0 fully saturated rings. The van der Waals surface area contributed by atoms with E-state index in [0.717, 1.165) is 0 Å². The Kier molecular flexibility index (Phi) is 35.2. The molecule has 0 unspecified atom stereocenters. The van der Waals surface area contributed by atoms with Crippen LogP contribution in [0.5, 0.6) is 0 Å². The first-order chi connectivity index (χ1) is 2.41. The summed E-state index contributed by atoms with van der Waals surface area (Å²) in [5.41, 5.74) is 0. The maximum absolute atomic E-state index is 4.56. The molecule has 0 aromatic carbocycles. The van der Waals surface area contributed by atoms with Crippen LogP contribution in [0.1, 0.15) is 0 Å². The molecule has 45 valence electrons. The molecule has 0 radical (unpaired) electrons. The van der Waals surface area contributed by atoms with Crippen LogP contribution < -0.4 is 24.8 Å². The standard InChI is InChI=1S/2CH3O.2ClH.V/c2*1-2;;;/h2*1H3;2*1H;/q2*-1;;;+4/p-2. The van der Waals surface area contributed by atoms with E-state index >= 15 is 0 Å². The average Bonchev–Trinajstić information content (AvgIpc) is 1.41. The summed E-state index contributed by atoms with van der Waals surface area (Å²) in [6, 6.07) is 0. The van der Waals surface area contributed by atoms with Crippen LogP contribution in [0, 0.1) is 0 Å². The van der Waals surface area contributed by atoms with Gasteiger partial charge in [-0.2, -0.15) is 0 Å². The zero-order valence-electron chi connectivity index (χ0n) is 4.02. The molecule has 0 saturated carbocycles. The van der Waals surface area contributed by atoms with Crippen molar-refractivity contribution in [3.63, 3.8) is 0 Å². The molecule has 0 aliphatic heterocycles. The van der Waals surface area contributed by atoms with E-state index in [1.165, 1.54) is 0 Å². The van der Waals surface area contributed by atoms with Crippen molar-refractivity contribution in [3.8, 4) is 0 Å². The molecule has 0 saturated heterocycles. The van der Waals surface area contributed by atoms with Crippen LogP contribution in [-0.4, -0.2) is 14.2 Å². The maximum Gasteiger partial charge on any atom is -1.00 e. The third kappa shape index (κ3) is 19.3. The fourth-order valence-corrected chi connectivity index (χ4v) is 0.307. The Bertz CT molecular complexity index is 21.2. The van der Waals surface area contributed by atoms with Crippen molar-refractivity contribution in [1.82, 2.24) is 0 Å². The zero-order valence-corrected chi connectivity index (χ0v) is 6.93. The van der Waals surface area contributed by atoms with Gasteiger partial charge in [-0.1, -0.05) is 0 Å². The van der Waals surface area contributed by atoms with E-state index in [1.54, 1.807) is 14.2 Å². The number of rotatable bonds is 2. The molecule has 2 nitrogen and oxygen atoms in total. The molecule has 0 aromatic heterocycles. The van der Waals surface area contributed by atoms with Crippen LogP contribution in [0.3, 0.4) is 0 Å². The van der Waals surface area contributed by atoms with Crippen LogP contribution in [0.2, 0.25) is 0 Å². The van der Waals surface area contributed by atoms with Crippen LogP contribution >= 0.6 is 0 Å². The fraction of sp³-hybridized carbons (Fsp3) is 1.00. The topological polar surface area (TPSA) is 18.5 Å². The Labute approximate surface area is 63.6 Å². The minimum atomic E-state index is -0.257. The van der Waals surface area contributed by atoms with Gasteiger partial charge in [0.15, 0.2) is 0 Å². The molecule has 0 rings (SSSR count). The van der Waals surface area contributed by atoms with E-state index in [1.807, 2.05) is 0 Å². The second kappa shape index (κ2) is 15.7. The van der Waals surface area contributed by atoms with Crippen LogP contribution in [0.4, 0.5) is 0 Å². The average molecular weight is 184 g/mol. The molecular weight excluding hydrogens is 178 g/mol. The van der Waals surface area contributed by atoms with Gasteiger partial charge in [0.25, 0.3) is 0 Å². The van der Waals surface area contributed by atoms with Gasteiger partial charge in [0.1, 0.15) is 0 Å². The minimum Gasteiger partial charge on any atom is -1.00 e. The summed E-state index contributed by atoms with van der Waals surface area (Å²) in [6.07, 6.45) is 0. The van der Waals surface area contributed by atoms with Crippen molar-refractivity contribution >= 4 is 0 Å². The first-order valence-corrected chi connectivity index (χ1v) is 2.32. The Morgan fingerprint density at radius 2 is 1.29 bits per heavy atom. The van der Waals surface area contributed by atoms with Crippen molar-refractivity contribution in [3.05, 3.63) is 0 Å². The van der Waals surface area contributed by atoms with Crippen LogP contribution in [0.25, 0.3) is 0 Å². The Morgan fingerprint density at radius 1 is 1.00 bits per heavy atom. The number of hydrogen-bond donors (Lipinski definition) is 0. The molecule has 0 aliphatic rings. The zero-order chi connectivity index (χ0) is 4.12. The van der Waals surface area contributed by atoms with E-state index in [2.05, 4.69) is 7.32 Å². The molecule has 5 heteroatoms. The molecular formula is C2H6Cl2O2V. The number of halogens is 2. The fourth-order valence-electron chi connectivity index (χ4n) is 0.0745. The Balaban J connectivity index is -0.0000000800. The molecule has 0 atom stereocenters. The Morgan fingerprint density at radius 3 is 1.29 bits per heavy atom. The van der Waals surface area contributed by atoms with Gasteiger partial charge in [-0.3, -0.25) is 0 Å². The summed E-state index contributed by atoms with van der Waals surface area (Å²) in [5.74, 6) is 0. The SMILES string of the molecule is C[O][V+2][O]C.[Cl-].[Cl-]. The Hall–Kier alpha value is 1.08. The summed E-state index contributed by atoms with van der Waals surface area (Å²) in [5, 5.41) is 0. The quantitative estimate of drug-likeness (QED) is 0.425. The van der Waals surface area contributed by atoms with E-state index in [4.69, 9.17) is 0 Å². The molecule has 7 heavy (non-hydrogen) atoms. The van der Waals surface area contributed by atoms with Gasteiger partial charge in [0, 0.05) is 0 Å². The summed E-state index contributed by atoms with van der Waals surface area (Å²) in [4.78, 5) is 0. The normalized spacial score (nSPS) is 4.86. The summed E-state index contributed by atoms with van der Waals surface area (Å²) in [7, 11) is 3.26. The monoisotopic (exact) mass is 183 g/mol. The van der Waals surface area contributed by atoms with Crippen LogP contribution in [-0.2, 0) is 24.3 Å². The molecule has 0 bridgehead atoms. The molecule has 0 spiro atoms. The first kappa shape index (κ1) is 15.7. The number of hydrogen-bond acceptors (Lipinski definition) is 2. The van der Waals surface area contributed by atoms with Crippen molar-refractivity contribution < 1.29 is 49.1 Å². The van der Waals surface area contributed by atoms with E-state index < -0.39 is 0 Å². The van der Waals surface area contributed by atoms with Crippen molar-refractivity contribution in [1.29, 1.82) is 0 Å². The smallest absolute Gasteiger partial charge is 1.00 e. The first-order valence-electron chi connectivity index (χ1n) is 1.18. The third-order valence-corrected chi connectivity index (χ3v) is 0.615. The van der Waals surface area contributed by atoms with Gasteiger partial charge in [-0.25, -0.2) is 0 Å². The molecule has 0 N–H and O–H groups in total. The molecule has 0 amide bonds. The minimum absolute atomic E-state index is 0. The van der Waals surface area contributed by atoms with E-state index in [9.17, 15) is 0 Å². The van der Waals surface area contributed by atoms with E-state index in [0.29, 0.717) is 0 Å². The van der Waals surface area contributed by atoms with Crippen molar-refractivity contribution in [2.75, 3.05) is 14.2 Å². The summed E-state index contributed by atoms with van der Waals surface area (Å²) < 4.78 is 9.12. The second-order valence-corrected chi connectivity index (χ2v) is 1.81. The maximum atomic E-state index is 4.56. The van der Waals surface area contributed by atoms with Gasteiger partial charge in [-0.15, -0.1) is 0 Å². The largest absolute Gasteiger partial charge is 1.00 e. The second-order valence-electron chi connectivity index (χ2n) is 0.440. The van der Waals surface area contributed by atoms with Crippen LogP contribution in [0.15, 0.2) is 0 Å². The van der Waals surface area contributed by atoms with Gasteiger partial charge in [0.05, 0.1) is 0 Å². The van der Waals surface area contributed by atoms with Gasteiger partial charge in [0.2, 0.25) is 0 Å². The predicted octanol–water partition coefficient (Wildman–Crippen LogP) is -5.80. The third-order valence-electron chi connectivity index (χ3n) is 0.149. The molecule has 0 heterocycles.